The van der Waals surface area contributed by atoms with Crippen molar-refractivity contribution >= 4 is 12.1 Å². The number of carbonyl (C=O) groups is 1. The highest BCUT2D eigenvalue weighted by molar-refractivity contribution is 5.85. The summed E-state index contributed by atoms with van der Waals surface area (Å²) in [6.45, 7) is 2.79. The van der Waals surface area contributed by atoms with Crippen LogP contribution in [0.5, 0.6) is 23.0 Å². The van der Waals surface area contributed by atoms with Gasteiger partial charge < -0.3 is 18.9 Å². The van der Waals surface area contributed by atoms with Crippen LogP contribution in [0.2, 0.25) is 0 Å². The van der Waals surface area contributed by atoms with Gasteiger partial charge in [-0.25, -0.2) is 5.43 Å². The molecule has 1 unspecified atom stereocenters. The van der Waals surface area contributed by atoms with Gasteiger partial charge in [-0.15, -0.1) is 0 Å². The van der Waals surface area contributed by atoms with Gasteiger partial charge in [-0.1, -0.05) is 19.1 Å². The summed E-state index contributed by atoms with van der Waals surface area (Å²) in [5, 5.41) is 3.98. The molecule has 27 heavy (non-hydrogen) atoms. The number of nitrogens with one attached hydrogen (secondary N) is 1. The van der Waals surface area contributed by atoms with Crippen LogP contribution in [0.1, 0.15) is 18.9 Å². The number of hydrazone groups is 1. The lowest BCUT2D eigenvalue weighted by atomic mass is 10.2. The first kappa shape index (κ1) is 18.6. The van der Waals surface area contributed by atoms with E-state index in [0.29, 0.717) is 29.6 Å². The topological polar surface area (TPSA) is 78.4 Å². The molecule has 0 fully saturated rings. The molecule has 1 aliphatic heterocycles. The van der Waals surface area contributed by atoms with Crippen molar-refractivity contribution in [3.05, 3.63) is 48.0 Å². The van der Waals surface area contributed by atoms with Crippen molar-refractivity contribution in [1.29, 1.82) is 0 Å². The number of methoxy groups -OCH3 is 1. The zero-order chi connectivity index (χ0) is 19.1. The van der Waals surface area contributed by atoms with Crippen molar-refractivity contribution < 1.29 is 23.7 Å². The van der Waals surface area contributed by atoms with E-state index in [4.69, 9.17) is 18.9 Å². The van der Waals surface area contributed by atoms with Crippen LogP contribution in [0.3, 0.4) is 0 Å². The normalized spacial score (nSPS) is 15.4. The van der Waals surface area contributed by atoms with E-state index in [1.54, 1.807) is 25.3 Å². The lowest BCUT2D eigenvalue weighted by Gasteiger charge is -2.24. The Hall–Kier alpha value is -3.22. The SMILES string of the molecule is CCCOc1ccc(/C=N/NC(=O)C2COc3ccccc3O2)cc1OC. The number of rotatable bonds is 7. The Balaban J connectivity index is 1.58. The van der Waals surface area contributed by atoms with Gasteiger partial charge in [0.2, 0.25) is 6.10 Å². The summed E-state index contributed by atoms with van der Waals surface area (Å²) in [6, 6.07) is 12.7. The Kier molecular flexibility index (Phi) is 6.14. The minimum Gasteiger partial charge on any atom is -0.493 e. The third-order valence-electron chi connectivity index (χ3n) is 3.84. The van der Waals surface area contributed by atoms with Crippen LogP contribution in [-0.2, 0) is 4.79 Å². The van der Waals surface area contributed by atoms with E-state index < -0.39 is 6.10 Å². The van der Waals surface area contributed by atoms with Crippen molar-refractivity contribution in [3.8, 4) is 23.0 Å². The number of nitrogens with zero attached hydrogens (tertiary/aromatic N) is 1. The quantitative estimate of drug-likeness (QED) is 0.599. The van der Waals surface area contributed by atoms with Gasteiger partial charge in [0.15, 0.2) is 23.0 Å². The van der Waals surface area contributed by atoms with Crippen molar-refractivity contribution in [2.75, 3.05) is 20.3 Å². The Bertz CT molecular complexity index is 822. The average Bonchev–Trinajstić information content (AvgIpc) is 2.72. The fraction of sp³-hybridized carbons (Fsp3) is 0.300. The number of para-hydroxylation sites is 2. The Morgan fingerprint density at radius 1 is 1.26 bits per heavy atom. The maximum absolute atomic E-state index is 12.2. The highest BCUT2D eigenvalue weighted by Gasteiger charge is 2.26. The van der Waals surface area contributed by atoms with Crippen LogP contribution in [-0.4, -0.2) is 38.5 Å². The second-order valence-corrected chi connectivity index (χ2v) is 5.86. The number of benzene rings is 2. The molecule has 1 heterocycles. The van der Waals surface area contributed by atoms with E-state index in [1.807, 2.05) is 31.2 Å². The van der Waals surface area contributed by atoms with Gasteiger partial charge in [-0.05, 0) is 42.3 Å². The maximum atomic E-state index is 12.2. The lowest BCUT2D eigenvalue weighted by molar-refractivity contribution is -0.130. The number of hydrogen-bond acceptors (Lipinski definition) is 6. The van der Waals surface area contributed by atoms with Gasteiger partial charge in [-0.2, -0.15) is 5.10 Å². The molecule has 0 radical (unpaired) electrons. The molecule has 2 aromatic rings. The monoisotopic (exact) mass is 370 g/mol. The molecule has 0 aliphatic carbocycles. The summed E-state index contributed by atoms with van der Waals surface area (Å²) in [5.74, 6) is 2.07. The van der Waals surface area contributed by atoms with Gasteiger partial charge in [0.05, 0.1) is 19.9 Å². The van der Waals surface area contributed by atoms with Crippen molar-refractivity contribution in [3.63, 3.8) is 0 Å². The molecule has 7 heteroatoms. The molecular weight excluding hydrogens is 348 g/mol. The van der Waals surface area contributed by atoms with Crippen LogP contribution >= 0.6 is 0 Å². The highest BCUT2D eigenvalue weighted by atomic mass is 16.6. The fourth-order valence-corrected chi connectivity index (χ4v) is 2.49. The molecule has 3 rings (SSSR count). The van der Waals surface area contributed by atoms with Crippen LogP contribution < -0.4 is 24.4 Å². The highest BCUT2D eigenvalue weighted by Crippen LogP contribution is 2.31. The molecule has 7 nitrogen and oxygen atoms in total. The second kappa shape index (κ2) is 8.93. The summed E-state index contributed by atoms with van der Waals surface area (Å²) in [5.41, 5.74) is 3.24. The van der Waals surface area contributed by atoms with Gasteiger partial charge in [0.1, 0.15) is 6.61 Å². The van der Waals surface area contributed by atoms with E-state index in [-0.39, 0.29) is 12.5 Å². The average molecular weight is 370 g/mol. The van der Waals surface area contributed by atoms with Gasteiger partial charge in [0, 0.05) is 0 Å². The lowest BCUT2D eigenvalue weighted by Crippen LogP contribution is -2.42. The smallest absolute Gasteiger partial charge is 0.284 e. The van der Waals surface area contributed by atoms with Crippen LogP contribution in [0, 0.1) is 0 Å². The molecule has 1 N–H and O–H groups in total. The molecular formula is C20H22N2O5. The minimum atomic E-state index is -0.753. The first-order valence-corrected chi connectivity index (χ1v) is 8.73. The fourth-order valence-electron chi connectivity index (χ4n) is 2.49. The number of carbonyl (C=O) groups excluding carboxylic acids is 1. The molecule has 142 valence electrons. The zero-order valence-corrected chi connectivity index (χ0v) is 15.3. The predicted octanol–water partition coefficient (Wildman–Crippen LogP) is 2.77. The Labute approximate surface area is 157 Å². The number of fused-ring (bicyclic) bond motifs is 1. The van der Waals surface area contributed by atoms with E-state index in [9.17, 15) is 4.79 Å². The zero-order valence-electron chi connectivity index (χ0n) is 15.3. The third-order valence-corrected chi connectivity index (χ3v) is 3.84. The summed E-state index contributed by atoms with van der Waals surface area (Å²) in [4.78, 5) is 12.2. The number of ether oxygens (including phenoxy) is 4. The van der Waals surface area contributed by atoms with Gasteiger partial charge >= 0.3 is 0 Å². The standard InChI is InChI=1S/C20H22N2O5/c1-3-10-25-16-9-8-14(11-18(16)24-2)12-21-22-20(23)19-13-26-15-6-4-5-7-17(15)27-19/h4-9,11-12,19H,3,10,13H2,1-2H3,(H,22,23)/b21-12+. The van der Waals surface area contributed by atoms with Gasteiger partial charge in [-0.3, -0.25) is 4.79 Å². The second-order valence-electron chi connectivity index (χ2n) is 5.86. The molecule has 0 spiro atoms. The minimum absolute atomic E-state index is 0.135. The number of amides is 1. The van der Waals surface area contributed by atoms with Crippen LogP contribution in [0.25, 0.3) is 0 Å². The summed E-state index contributed by atoms with van der Waals surface area (Å²) in [6.07, 6.45) is 1.69. The Morgan fingerprint density at radius 3 is 2.85 bits per heavy atom. The van der Waals surface area contributed by atoms with Crippen LogP contribution in [0.15, 0.2) is 47.6 Å². The van der Waals surface area contributed by atoms with E-state index in [0.717, 1.165) is 12.0 Å². The molecule has 0 bridgehead atoms. The van der Waals surface area contributed by atoms with E-state index in [2.05, 4.69) is 10.5 Å². The van der Waals surface area contributed by atoms with Crippen molar-refractivity contribution in [1.82, 2.24) is 5.43 Å². The molecule has 1 amide bonds. The summed E-state index contributed by atoms with van der Waals surface area (Å²) < 4.78 is 22.1. The molecule has 0 aromatic heterocycles. The summed E-state index contributed by atoms with van der Waals surface area (Å²) in [7, 11) is 1.58. The summed E-state index contributed by atoms with van der Waals surface area (Å²) >= 11 is 0. The van der Waals surface area contributed by atoms with Crippen molar-refractivity contribution in [2.45, 2.75) is 19.4 Å². The molecule has 2 aromatic carbocycles. The van der Waals surface area contributed by atoms with Gasteiger partial charge in [0.25, 0.3) is 5.91 Å². The molecule has 0 saturated heterocycles. The first-order chi connectivity index (χ1) is 13.2. The predicted molar refractivity (Wildman–Crippen MR) is 101 cm³/mol. The van der Waals surface area contributed by atoms with E-state index >= 15 is 0 Å². The molecule has 0 saturated carbocycles. The van der Waals surface area contributed by atoms with E-state index in [1.165, 1.54) is 6.21 Å². The first-order valence-electron chi connectivity index (χ1n) is 8.73. The van der Waals surface area contributed by atoms with Crippen molar-refractivity contribution in [2.24, 2.45) is 5.10 Å². The van der Waals surface area contributed by atoms with Crippen LogP contribution in [0.4, 0.5) is 0 Å². The third kappa shape index (κ3) is 4.69. The maximum Gasteiger partial charge on any atom is 0.284 e. The number of hydrogen-bond donors (Lipinski definition) is 1. The molecule has 1 atom stereocenters. The largest absolute Gasteiger partial charge is 0.493 e. The Morgan fingerprint density at radius 2 is 2.07 bits per heavy atom. The molecule has 1 aliphatic rings.